The molecule has 0 unspecified atom stereocenters. The van der Waals surface area contributed by atoms with Gasteiger partial charge in [-0.1, -0.05) is 0 Å². The molecule has 1 heterocycles. The molecule has 1 aromatic rings. The molecular formula is C7H5N4O6S2+. The molecule has 2 rings (SSSR count). The topological polar surface area (TPSA) is 158 Å². The molecule has 1 aliphatic rings. The van der Waals surface area contributed by atoms with Crippen LogP contribution in [0.15, 0.2) is 48.7 Å². The maximum Gasteiger partial charge on any atom is 0.343 e. The predicted molar refractivity (Wildman–Crippen MR) is 58.1 cm³/mol. The summed E-state index contributed by atoms with van der Waals surface area (Å²) in [7, 11) is -9.37. The highest BCUT2D eigenvalue weighted by molar-refractivity contribution is 7.86. The second kappa shape index (κ2) is 4.34. The van der Waals surface area contributed by atoms with Gasteiger partial charge in [0, 0.05) is 12.1 Å². The Morgan fingerprint density at radius 1 is 0.947 bits per heavy atom. The van der Waals surface area contributed by atoms with E-state index in [9.17, 15) is 16.8 Å². The molecule has 1 aliphatic heterocycles. The van der Waals surface area contributed by atoms with E-state index in [1.54, 1.807) is 0 Å². The summed E-state index contributed by atoms with van der Waals surface area (Å²) >= 11 is 0. The summed E-state index contributed by atoms with van der Waals surface area (Å²) in [5, 5.41) is 13.1. The molecular weight excluding hydrogens is 300 g/mol. The predicted octanol–water partition coefficient (Wildman–Crippen LogP) is 0.851. The average molecular weight is 305 g/mol. The van der Waals surface area contributed by atoms with Crippen molar-refractivity contribution < 1.29 is 25.9 Å². The first-order valence-corrected chi connectivity index (χ1v) is 7.36. The number of benzene rings is 1. The molecule has 0 saturated carbocycles. The van der Waals surface area contributed by atoms with Crippen molar-refractivity contribution in [1.82, 2.24) is 0 Å². The van der Waals surface area contributed by atoms with Gasteiger partial charge in [-0.15, -0.1) is 0 Å². The zero-order valence-electron chi connectivity index (χ0n) is 8.86. The lowest BCUT2D eigenvalue weighted by Gasteiger charge is -2.00. The van der Waals surface area contributed by atoms with Gasteiger partial charge in [-0.25, -0.2) is 0 Å². The molecule has 0 atom stereocenters. The van der Waals surface area contributed by atoms with Crippen LogP contribution in [0.4, 0.5) is 0 Å². The Morgan fingerprint density at radius 3 is 2.00 bits per heavy atom. The number of nitrogens with zero attached hydrogens (tertiary/aromatic N) is 4. The molecule has 0 aromatic heterocycles. The van der Waals surface area contributed by atoms with Gasteiger partial charge in [-0.3, -0.25) is 9.11 Å². The summed E-state index contributed by atoms with van der Waals surface area (Å²) in [4.78, 5) is -1.48. The van der Waals surface area contributed by atoms with E-state index in [0.29, 0.717) is 6.07 Å². The van der Waals surface area contributed by atoms with Crippen LogP contribution in [0.3, 0.4) is 0 Å². The van der Waals surface area contributed by atoms with Crippen molar-refractivity contribution in [3.05, 3.63) is 29.9 Å². The van der Waals surface area contributed by atoms with Crippen LogP contribution in [0.1, 0.15) is 5.56 Å². The molecule has 0 aliphatic carbocycles. The Balaban J connectivity index is 2.69. The fourth-order valence-corrected chi connectivity index (χ4v) is 2.61. The monoisotopic (exact) mass is 305 g/mol. The maximum atomic E-state index is 11.2. The third-order valence-corrected chi connectivity index (χ3v) is 3.83. The fourth-order valence-electron chi connectivity index (χ4n) is 1.31. The normalized spacial score (nSPS) is 15.2. The van der Waals surface area contributed by atoms with E-state index < -0.39 is 30.0 Å². The largest absolute Gasteiger partial charge is 0.343 e. The highest BCUT2D eigenvalue weighted by Crippen LogP contribution is 2.30. The van der Waals surface area contributed by atoms with E-state index >= 15 is 0 Å². The second-order valence-corrected chi connectivity index (χ2v) is 6.12. The van der Waals surface area contributed by atoms with Gasteiger partial charge < -0.3 is 0 Å². The van der Waals surface area contributed by atoms with E-state index in [2.05, 4.69) is 20.7 Å². The summed E-state index contributed by atoms with van der Waals surface area (Å²) in [5.41, 5.74) is -0.195. The van der Waals surface area contributed by atoms with Crippen LogP contribution in [-0.4, -0.2) is 25.9 Å². The van der Waals surface area contributed by atoms with Crippen LogP contribution in [0, 0.1) is 6.17 Å². The molecule has 0 amide bonds. The highest BCUT2D eigenvalue weighted by atomic mass is 32.2. The van der Waals surface area contributed by atoms with Crippen molar-refractivity contribution in [2.45, 2.75) is 9.79 Å². The van der Waals surface area contributed by atoms with E-state index in [1.165, 1.54) is 0 Å². The standard InChI is InChI=1S/C7H4N4O6S2/c12-18(13,14)4-1-2-5(7-8-10-11-9-7)6(3-4)19(15,16)17/h1-3H,(H-,12,13,14,15,16,17)/p+1. The molecule has 1 aromatic carbocycles. The summed E-state index contributed by atoms with van der Waals surface area (Å²) < 4.78 is 62.2. The number of hydrogen-bond donors (Lipinski definition) is 2. The van der Waals surface area contributed by atoms with Gasteiger partial charge in [0.15, 0.2) is 0 Å². The Kier molecular flexibility index (Phi) is 3.09. The average Bonchev–Trinajstić information content (AvgIpc) is 2.79. The minimum absolute atomic E-state index is 0.195. The molecule has 100 valence electrons. The Labute approximate surface area is 107 Å². The van der Waals surface area contributed by atoms with Crippen LogP contribution in [0.2, 0.25) is 0 Å². The molecule has 0 fully saturated rings. The van der Waals surface area contributed by atoms with Gasteiger partial charge in [0.1, 0.15) is 4.90 Å². The van der Waals surface area contributed by atoms with Crippen LogP contribution < -0.4 is 0 Å². The van der Waals surface area contributed by atoms with Crippen LogP contribution in [0.5, 0.6) is 0 Å². The molecule has 12 heteroatoms. The van der Waals surface area contributed by atoms with Crippen molar-refractivity contribution in [3.8, 4) is 0 Å². The second-order valence-electron chi connectivity index (χ2n) is 3.31. The number of hydrogen-bond acceptors (Lipinski definition) is 8. The lowest BCUT2D eigenvalue weighted by Crippen LogP contribution is -2.08. The highest BCUT2D eigenvalue weighted by Gasteiger charge is 2.35. The maximum absolute atomic E-state index is 11.2. The third-order valence-electron chi connectivity index (χ3n) is 2.09. The molecule has 2 N–H and O–H groups in total. The molecule has 0 saturated heterocycles. The van der Waals surface area contributed by atoms with Gasteiger partial charge in [0.25, 0.3) is 10.1 Å². The van der Waals surface area contributed by atoms with Gasteiger partial charge in [-0.2, -0.15) is 16.8 Å². The van der Waals surface area contributed by atoms with Crippen LogP contribution in [0.25, 0.3) is 0 Å². The van der Waals surface area contributed by atoms with Crippen molar-refractivity contribution in [2.75, 3.05) is 0 Å². The Hall–Kier alpha value is -1.89. The lowest BCUT2D eigenvalue weighted by molar-refractivity contribution is 0.480. The quantitative estimate of drug-likeness (QED) is 0.622. The molecule has 19 heavy (non-hydrogen) atoms. The smallest absolute Gasteiger partial charge is 0.282 e. The fraction of sp³-hybridized carbons (Fsp3) is 0. The van der Waals surface area contributed by atoms with Crippen molar-refractivity contribution >= 4 is 20.2 Å². The number of rotatable bonds is 3. The minimum atomic E-state index is -4.75. The molecule has 0 bridgehead atoms. The van der Waals surface area contributed by atoms with Crippen molar-refractivity contribution in [1.29, 1.82) is 0 Å². The minimum Gasteiger partial charge on any atom is -0.282 e. The van der Waals surface area contributed by atoms with Crippen LogP contribution >= 0.6 is 0 Å². The van der Waals surface area contributed by atoms with E-state index in [1.807, 2.05) is 0 Å². The van der Waals surface area contributed by atoms with Gasteiger partial charge in [0.05, 0.1) is 6.07 Å². The van der Waals surface area contributed by atoms with Gasteiger partial charge >= 0.3 is 16.3 Å². The zero-order chi connectivity index (χ0) is 14.3. The molecule has 10 nitrogen and oxygen atoms in total. The molecule has 0 radical (unpaired) electrons. The first-order chi connectivity index (χ1) is 8.69. The third kappa shape index (κ3) is 2.76. The first kappa shape index (κ1) is 13.5. The summed E-state index contributed by atoms with van der Waals surface area (Å²) in [6, 6.07) is 2.51. The van der Waals surface area contributed by atoms with Crippen molar-refractivity contribution in [3.63, 3.8) is 0 Å². The Bertz CT molecular complexity index is 770. The van der Waals surface area contributed by atoms with Gasteiger partial charge in [0.2, 0.25) is 10.5 Å². The summed E-state index contributed by atoms with van der Waals surface area (Å²) in [5.74, 6) is 0. The first-order valence-electron chi connectivity index (χ1n) is 4.48. The SMILES string of the molecule is O=S(=O)(O)c1ccc([C+]2N=NN=N2)c(S(=O)(=O)O)c1. The summed E-state index contributed by atoms with van der Waals surface area (Å²) in [6.45, 7) is 0. The molecule has 0 spiro atoms. The zero-order valence-corrected chi connectivity index (χ0v) is 10.5. The van der Waals surface area contributed by atoms with E-state index in [-0.39, 0.29) is 11.7 Å². The van der Waals surface area contributed by atoms with Crippen molar-refractivity contribution in [2.24, 2.45) is 20.7 Å². The van der Waals surface area contributed by atoms with Gasteiger partial charge in [-0.05, 0) is 20.7 Å². The summed E-state index contributed by atoms with van der Waals surface area (Å²) in [6.07, 6.45) is -0.213. The Morgan fingerprint density at radius 2 is 1.53 bits per heavy atom. The van der Waals surface area contributed by atoms with E-state index in [4.69, 9.17) is 9.11 Å². The lowest BCUT2D eigenvalue weighted by atomic mass is 10.2. The van der Waals surface area contributed by atoms with Crippen LogP contribution in [-0.2, 0) is 20.2 Å². The van der Waals surface area contributed by atoms with E-state index in [0.717, 1.165) is 12.1 Å².